The van der Waals surface area contributed by atoms with Gasteiger partial charge in [0, 0.05) is 11.6 Å². The molecule has 0 saturated carbocycles. The summed E-state index contributed by atoms with van der Waals surface area (Å²) < 4.78 is 7.55. The maximum Gasteiger partial charge on any atom is 0.227 e. The van der Waals surface area contributed by atoms with Gasteiger partial charge < -0.3 is 19.7 Å². The van der Waals surface area contributed by atoms with Gasteiger partial charge in [-0.15, -0.1) is 0 Å². The van der Waals surface area contributed by atoms with Crippen molar-refractivity contribution in [3.05, 3.63) is 95.3 Å². The number of nitrogens with one attached hydrogen (secondary N) is 1. The number of nitrogens with zero attached hydrogens (tertiary/aromatic N) is 2. The summed E-state index contributed by atoms with van der Waals surface area (Å²) in [6.45, 7) is 0.820. The number of imidazole rings is 1. The minimum atomic E-state index is -0.783. The van der Waals surface area contributed by atoms with Crippen LogP contribution in [0.3, 0.4) is 0 Å². The van der Waals surface area contributed by atoms with E-state index in [0.29, 0.717) is 23.1 Å². The predicted molar refractivity (Wildman–Crippen MR) is 125 cm³/mol. The molecule has 0 bridgehead atoms. The van der Waals surface area contributed by atoms with E-state index in [4.69, 9.17) is 16.3 Å². The summed E-state index contributed by atoms with van der Waals surface area (Å²) in [5.74, 6) is 1.10. The fourth-order valence-electron chi connectivity index (χ4n) is 3.45. The Bertz CT molecular complexity index is 1180. The number of amides is 1. The number of halogens is 1. The van der Waals surface area contributed by atoms with Gasteiger partial charge in [-0.1, -0.05) is 54.1 Å². The van der Waals surface area contributed by atoms with Gasteiger partial charge in [0.2, 0.25) is 5.91 Å². The molecule has 32 heavy (non-hydrogen) atoms. The molecule has 1 amide bonds. The standard InChI is InChI=1S/C25H24ClN3O3/c26-19-10-12-21(13-11-19)32-17-20(30)16-29-23-9-5-4-8-22(23)28-24(29)14-25(31)27-15-18-6-2-1-3-7-18/h1-13,20,30H,14-17H2,(H,27,31). The van der Waals surface area contributed by atoms with Crippen molar-refractivity contribution in [3.63, 3.8) is 0 Å². The number of aliphatic hydroxyl groups is 1. The third-order valence-corrected chi connectivity index (χ3v) is 5.29. The molecule has 6 nitrogen and oxygen atoms in total. The zero-order valence-electron chi connectivity index (χ0n) is 17.4. The molecule has 1 atom stereocenters. The van der Waals surface area contributed by atoms with Gasteiger partial charge in [0.05, 0.1) is 24.0 Å². The number of hydrogen-bond donors (Lipinski definition) is 2. The minimum absolute atomic E-state index is 0.105. The highest BCUT2D eigenvalue weighted by molar-refractivity contribution is 6.30. The summed E-state index contributed by atoms with van der Waals surface area (Å²) in [6, 6.07) is 24.4. The van der Waals surface area contributed by atoms with Gasteiger partial charge in [0.25, 0.3) is 0 Å². The molecule has 1 heterocycles. The molecule has 0 spiro atoms. The summed E-state index contributed by atoms with van der Waals surface area (Å²) in [5.41, 5.74) is 2.68. The van der Waals surface area contributed by atoms with Crippen LogP contribution in [0.25, 0.3) is 11.0 Å². The number of para-hydroxylation sites is 2. The molecular formula is C25H24ClN3O3. The lowest BCUT2D eigenvalue weighted by atomic mass is 10.2. The second kappa shape index (κ2) is 10.3. The quantitative estimate of drug-likeness (QED) is 0.405. The molecule has 0 saturated heterocycles. The molecule has 3 aromatic carbocycles. The van der Waals surface area contributed by atoms with E-state index in [1.54, 1.807) is 24.3 Å². The lowest BCUT2D eigenvalue weighted by molar-refractivity contribution is -0.120. The average molecular weight is 450 g/mol. The number of benzene rings is 3. The molecule has 4 aromatic rings. The molecule has 164 valence electrons. The Morgan fingerprint density at radius 2 is 1.75 bits per heavy atom. The van der Waals surface area contributed by atoms with E-state index in [0.717, 1.165) is 16.6 Å². The maximum absolute atomic E-state index is 12.6. The molecule has 2 N–H and O–H groups in total. The van der Waals surface area contributed by atoms with Crippen LogP contribution in [0.2, 0.25) is 5.02 Å². The Morgan fingerprint density at radius 1 is 1.03 bits per heavy atom. The van der Waals surface area contributed by atoms with E-state index in [9.17, 15) is 9.90 Å². The lowest BCUT2D eigenvalue weighted by Crippen LogP contribution is -2.28. The van der Waals surface area contributed by atoms with Crippen LogP contribution in [0.4, 0.5) is 0 Å². The number of rotatable bonds is 9. The van der Waals surface area contributed by atoms with Crippen LogP contribution in [-0.2, 0) is 24.3 Å². The fourth-order valence-corrected chi connectivity index (χ4v) is 3.58. The van der Waals surface area contributed by atoms with E-state index in [-0.39, 0.29) is 25.5 Å². The number of aromatic nitrogens is 2. The van der Waals surface area contributed by atoms with Crippen molar-refractivity contribution in [1.82, 2.24) is 14.9 Å². The Labute approximate surface area is 191 Å². The normalized spacial score (nSPS) is 11.9. The van der Waals surface area contributed by atoms with Crippen molar-refractivity contribution in [3.8, 4) is 5.75 Å². The highest BCUT2D eigenvalue weighted by Gasteiger charge is 2.17. The lowest BCUT2D eigenvalue weighted by Gasteiger charge is -2.16. The zero-order valence-corrected chi connectivity index (χ0v) is 18.2. The first-order valence-electron chi connectivity index (χ1n) is 10.4. The molecule has 0 aliphatic carbocycles. The number of carbonyl (C=O) groups excluding carboxylic acids is 1. The molecular weight excluding hydrogens is 426 g/mol. The summed E-state index contributed by atoms with van der Waals surface area (Å²) in [4.78, 5) is 17.2. The number of fused-ring (bicyclic) bond motifs is 1. The third-order valence-electron chi connectivity index (χ3n) is 5.03. The second-order valence-electron chi connectivity index (χ2n) is 7.49. The molecule has 7 heteroatoms. The summed E-state index contributed by atoms with van der Waals surface area (Å²) >= 11 is 5.89. The van der Waals surface area contributed by atoms with Crippen molar-refractivity contribution >= 4 is 28.5 Å². The first-order chi connectivity index (χ1) is 15.6. The maximum atomic E-state index is 12.6. The molecule has 4 rings (SSSR count). The average Bonchev–Trinajstić information content (AvgIpc) is 3.15. The van der Waals surface area contributed by atoms with E-state index in [1.165, 1.54) is 0 Å². The highest BCUT2D eigenvalue weighted by atomic mass is 35.5. The van der Waals surface area contributed by atoms with Gasteiger partial charge in [-0.3, -0.25) is 4.79 Å². The SMILES string of the molecule is O=C(Cc1nc2ccccc2n1CC(O)COc1ccc(Cl)cc1)NCc1ccccc1. The van der Waals surface area contributed by atoms with Crippen LogP contribution < -0.4 is 10.1 Å². The summed E-state index contributed by atoms with van der Waals surface area (Å²) in [5, 5.41) is 14.2. The second-order valence-corrected chi connectivity index (χ2v) is 7.92. The molecule has 1 aromatic heterocycles. The molecule has 0 aliphatic heterocycles. The highest BCUT2D eigenvalue weighted by Crippen LogP contribution is 2.19. The third kappa shape index (κ3) is 5.66. The first kappa shape index (κ1) is 21.9. The van der Waals surface area contributed by atoms with Crippen molar-refractivity contribution < 1.29 is 14.6 Å². The first-order valence-corrected chi connectivity index (χ1v) is 10.8. The van der Waals surface area contributed by atoms with Crippen molar-refractivity contribution in [2.75, 3.05) is 6.61 Å². The Morgan fingerprint density at radius 3 is 2.53 bits per heavy atom. The minimum Gasteiger partial charge on any atom is -0.491 e. The fraction of sp³-hybridized carbons (Fsp3) is 0.200. The molecule has 0 aliphatic rings. The van der Waals surface area contributed by atoms with Crippen molar-refractivity contribution in [2.24, 2.45) is 0 Å². The van der Waals surface area contributed by atoms with Crippen LogP contribution in [0.1, 0.15) is 11.4 Å². The van der Waals surface area contributed by atoms with Crippen LogP contribution in [0.15, 0.2) is 78.9 Å². The topological polar surface area (TPSA) is 76.4 Å². The number of hydrogen-bond acceptors (Lipinski definition) is 4. The Kier molecular flexibility index (Phi) is 7.04. The number of aliphatic hydroxyl groups excluding tert-OH is 1. The van der Waals surface area contributed by atoms with Crippen LogP contribution in [-0.4, -0.2) is 33.3 Å². The predicted octanol–water partition coefficient (Wildman–Crippen LogP) is 3.99. The van der Waals surface area contributed by atoms with E-state index < -0.39 is 6.10 Å². The molecule has 0 fully saturated rings. The molecule has 1 unspecified atom stereocenters. The number of carbonyl (C=O) groups is 1. The number of ether oxygens (including phenoxy) is 1. The van der Waals surface area contributed by atoms with Crippen LogP contribution in [0, 0.1) is 0 Å². The van der Waals surface area contributed by atoms with E-state index >= 15 is 0 Å². The zero-order chi connectivity index (χ0) is 22.3. The smallest absolute Gasteiger partial charge is 0.227 e. The summed E-state index contributed by atoms with van der Waals surface area (Å²) in [6.07, 6.45) is -0.666. The van der Waals surface area contributed by atoms with Gasteiger partial charge in [-0.25, -0.2) is 4.98 Å². The van der Waals surface area contributed by atoms with Crippen molar-refractivity contribution in [2.45, 2.75) is 25.6 Å². The van der Waals surface area contributed by atoms with Gasteiger partial charge >= 0.3 is 0 Å². The van der Waals surface area contributed by atoms with E-state index in [1.807, 2.05) is 59.2 Å². The van der Waals surface area contributed by atoms with Crippen LogP contribution in [0.5, 0.6) is 5.75 Å². The van der Waals surface area contributed by atoms with Gasteiger partial charge in [0.15, 0.2) is 0 Å². The Hall–Kier alpha value is -3.35. The molecule has 0 radical (unpaired) electrons. The van der Waals surface area contributed by atoms with Gasteiger partial charge in [-0.05, 0) is 42.0 Å². The Balaban J connectivity index is 1.43. The van der Waals surface area contributed by atoms with Crippen molar-refractivity contribution in [1.29, 1.82) is 0 Å². The largest absolute Gasteiger partial charge is 0.491 e. The summed E-state index contributed by atoms with van der Waals surface area (Å²) in [7, 11) is 0. The monoisotopic (exact) mass is 449 g/mol. The van der Waals surface area contributed by atoms with Gasteiger partial charge in [-0.2, -0.15) is 0 Å². The van der Waals surface area contributed by atoms with E-state index in [2.05, 4.69) is 10.3 Å². The van der Waals surface area contributed by atoms with Crippen LogP contribution >= 0.6 is 11.6 Å². The van der Waals surface area contributed by atoms with Gasteiger partial charge in [0.1, 0.15) is 24.3 Å².